The topological polar surface area (TPSA) is 47.3 Å². The average Bonchev–Trinajstić information content (AvgIpc) is 2.43. The summed E-state index contributed by atoms with van der Waals surface area (Å²) in [5.41, 5.74) is 3.86. The van der Waals surface area contributed by atoms with E-state index in [1.807, 2.05) is 30.5 Å². The zero-order valence-corrected chi connectivity index (χ0v) is 11.9. The largest absolute Gasteiger partial charge is 0.494 e. The number of thiocarbonyl (C=S) groups is 1. The van der Waals surface area contributed by atoms with Gasteiger partial charge < -0.3 is 10.1 Å². The third-order valence-electron chi connectivity index (χ3n) is 2.16. The number of hydrazone groups is 1. The molecule has 4 nitrogen and oxygen atoms in total. The molecule has 0 aromatic heterocycles. The van der Waals surface area contributed by atoms with Gasteiger partial charge in [0.2, 0.25) is 5.11 Å². The van der Waals surface area contributed by atoms with Gasteiger partial charge in [0.05, 0.1) is 6.61 Å². The third-order valence-corrected chi connectivity index (χ3v) is 2.41. The number of hydrazine groups is 1. The van der Waals surface area contributed by atoms with Crippen LogP contribution < -0.4 is 20.6 Å². The summed E-state index contributed by atoms with van der Waals surface area (Å²) in [4.78, 5) is 0. The summed E-state index contributed by atoms with van der Waals surface area (Å²) in [6.07, 6.45) is 4.56. The first-order valence-electron chi connectivity index (χ1n) is 6.22. The van der Waals surface area contributed by atoms with Crippen molar-refractivity contribution >= 4 is 23.5 Å². The molecule has 0 saturated carbocycles. The predicted octanol–water partition coefficient (Wildman–Crippen LogP) is 0.540. The highest BCUT2D eigenvalue weighted by Crippen LogP contribution is 2.11. The maximum Gasteiger partial charge on any atom is 0.224 e. The molecule has 1 aromatic rings. The lowest BCUT2D eigenvalue weighted by atomic mass is 10.2. The second kappa shape index (κ2) is 9.10. The average molecular weight is 278 g/mol. The molecule has 0 radical (unpaired) electrons. The molecule has 0 aliphatic rings. The molecule has 0 amide bonds. The van der Waals surface area contributed by atoms with E-state index in [2.05, 4.69) is 29.3 Å². The zero-order chi connectivity index (χ0) is 13.9. The summed E-state index contributed by atoms with van der Waals surface area (Å²) in [7, 11) is 0. The fourth-order valence-corrected chi connectivity index (χ4v) is 1.45. The van der Waals surface area contributed by atoms with E-state index in [9.17, 15) is 0 Å². The van der Waals surface area contributed by atoms with Gasteiger partial charge in [-0.25, -0.2) is 0 Å². The molecule has 3 N–H and O–H groups in total. The monoisotopic (exact) mass is 278 g/mol. The van der Waals surface area contributed by atoms with Crippen LogP contribution in [0.1, 0.15) is 18.9 Å². The van der Waals surface area contributed by atoms with Crippen molar-refractivity contribution in [2.45, 2.75) is 13.3 Å². The molecule has 0 fully saturated rings. The standard InChI is InChI=1S/C14H19N3OS/c1-3-8-15-14(19)17-16-11-12-6-5-7-13(10-12)18-9-4-2/h3,5-7,10-11H,1,4,8-9H2,2H3,(H2,15,17,19)/p+1. The van der Waals surface area contributed by atoms with Gasteiger partial charge in [0.1, 0.15) is 5.75 Å². The van der Waals surface area contributed by atoms with Gasteiger partial charge in [-0.3, -0.25) is 0 Å². The molecule has 0 atom stereocenters. The molecule has 19 heavy (non-hydrogen) atoms. The van der Waals surface area contributed by atoms with Crippen molar-refractivity contribution < 1.29 is 9.84 Å². The predicted molar refractivity (Wildman–Crippen MR) is 82.3 cm³/mol. The van der Waals surface area contributed by atoms with Gasteiger partial charge in [-0.05, 0) is 36.8 Å². The molecule has 102 valence electrons. The number of hydrogen-bond acceptors (Lipinski definition) is 2. The highest BCUT2D eigenvalue weighted by atomic mass is 32.1. The summed E-state index contributed by atoms with van der Waals surface area (Å²) in [6, 6.07) is 7.84. The number of nitrogens with one attached hydrogen (secondary N) is 3. The number of hydrogen-bond donors (Lipinski definition) is 3. The Kier molecular flexibility index (Phi) is 7.27. The van der Waals surface area contributed by atoms with Gasteiger partial charge in [-0.2, -0.15) is 0 Å². The lowest BCUT2D eigenvalue weighted by Gasteiger charge is -2.03. The van der Waals surface area contributed by atoms with Gasteiger partial charge in [-0.15, -0.1) is 17.1 Å². The van der Waals surface area contributed by atoms with E-state index in [-0.39, 0.29) is 0 Å². The van der Waals surface area contributed by atoms with Crippen LogP contribution in [0.4, 0.5) is 0 Å². The summed E-state index contributed by atoms with van der Waals surface area (Å²) >= 11 is 5.04. The molecule has 1 aromatic carbocycles. The highest BCUT2D eigenvalue weighted by molar-refractivity contribution is 7.80. The quantitative estimate of drug-likeness (QED) is 0.295. The normalized spacial score (nSPS) is 10.2. The molecular formula is C14H20N3OS+. The number of benzene rings is 1. The minimum Gasteiger partial charge on any atom is -0.494 e. The Labute approximate surface area is 119 Å². The Morgan fingerprint density at radius 3 is 3.11 bits per heavy atom. The maximum atomic E-state index is 5.56. The van der Waals surface area contributed by atoms with Crippen LogP contribution in [0.2, 0.25) is 0 Å². The van der Waals surface area contributed by atoms with Crippen molar-refractivity contribution in [1.29, 1.82) is 0 Å². The van der Waals surface area contributed by atoms with Crippen LogP contribution in [-0.4, -0.2) is 24.5 Å². The smallest absolute Gasteiger partial charge is 0.224 e. The number of ether oxygens (including phenoxy) is 1. The van der Waals surface area contributed by atoms with Gasteiger partial charge in [-0.1, -0.05) is 19.1 Å². The van der Waals surface area contributed by atoms with E-state index < -0.39 is 0 Å². The first kappa shape index (κ1) is 15.2. The maximum absolute atomic E-state index is 5.56. The van der Waals surface area contributed by atoms with E-state index in [0.717, 1.165) is 24.3 Å². The molecule has 0 spiro atoms. The van der Waals surface area contributed by atoms with Crippen LogP contribution in [0.15, 0.2) is 36.9 Å². The molecule has 0 heterocycles. The lowest BCUT2D eigenvalue weighted by molar-refractivity contribution is -0.500. The Morgan fingerprint density at radius 1 is 1.53 bits per heavy atom. The fourth-order valence-electron chi connectivity index (χ4n) is 1.31. The van der Waals surface area contributed by atoms with Crippen LogP contribution >= 0.6 is 12.2 Å². The minimum absolute atomic E-state index is 0.523. The summed E-state index contributed by atoms with van der Waals surface area (Å²) in [6.45, 7) is 7.04. The van der Waals surface area contributed by atoms with E-state index in [0.29, 0.717) is 11.7 Å². The van der Waals surface area contributed by atoms with Crippen molar-refractivity contribution in [2.24, 2.45) is 0 Å². The highest BCUT2D eigenvalue weighted by Gasteiger charge is 1.97. The summed E-state index contributed by atoms with van der Waals surface area (Å²) < 4.78 is 5.56. The van der Waals surface area contributed by atoms with Gasteiger partial charge >= 0.3 is 0 Å². The number of rotatable bonds is 7. The Hall–Kier alpha value is -1.88. The van der Waals surface area contributed by atoms with Crippen molar-refractivity contribution in [3.05, 3.63) is 42.5 Å². The minimum atomic E-state index is 0.523. The van der Waals surface area contributed by atoms with Crippen LogP contribution in [0, 0.1) is 0 Å². The Bertz CT molecular complexity index is 446. The molecule has 0 unspecified atom stereocenters. The SMILES string of the molecule is C=CCNC(=S)N[NH+]=Cc1cccc(OCCC)c1. The Morgan fingerprint density at radius 2 is 2.37 bits per heavy atom. The van der Waals surface area contributed by atoms with Crippen LogP contribution in [-0.2, 0) is 0 Å². The zero-order valence-electron chi connectivity index (χ0n) is 11.1. The fraction of sp³-hybridized carbons (Fsp3) is 0.286. The molecule has 0 aliphatic heterocycles. The first-order valence-corrected chi connectivity index (χ1v) is 6.63. The van der Waals surface area contributed by atoms with Crippen molar-refractivity contribution in [3.8, 4) is 5.75 Å². The second-order valence-electron chi connectivity index (χ2n) is 3.83. The molecule has 0 saturated heterocycles. The summed E-state index contributed by atoms with van der Waals surface area (Å²) in [5.74, 6) is 0.866. The molecule has 1 rings (SSSR count). The van der Waals surface area contributed by atoms with E-state index >= 15 is 0 Å². The molecule has 0 aliphatic carbocycles. The second-order valence-corrected chi connectivity index (χ2v) is 4.24. The Balaban J connectivity index is 2.47. The van der Waals surface area contributed by atoms with E-state index in [1.54, 1.807) is 6.08 Å². The van der Waals surface area contributed by atoms with E-state index in [1.165, 1.54) is 0 Å². The van der Waals surface area contributed by atoms with Gasteiger partial charge in [0.15, 0.2) is 6.21 Å². The molecule has 5 heteroatoms. The first-order chi connectivity index (χ1) is 9.26. The molecule has 0 bridgehead atoms. The van der Waals surface area contributed by atoms with Crippen LogP contribution in [0.25, 0.3) is 0 Å². The van der Waals surface area contributed by atoms with Crippen molar-refractivity contribution in [1.82, 2.24) is 10.7 Å². The van der Waals surface area contributed by atoms with Gasteiger partial charge in [0.25, 0.3) is 0 Å². The van der Waals surface area contributed by atoms with Crippen LogP contribution in [0.5, 0.6) is 5.75 Å². The van der Waals surface area contributed by atoms with Crippen molar-refractivity contribution in [3.63, 3.8) is 0 Å². The third kappa shape index (κ3) is 6.57. The van der Waals surface area contributed by atoms with Crippen molar-refractivity contribution in [2.75, 3.05) is 13.2 Å². The van der Waals surface area contributed by atoms with Gasteiger partial charge in [0, 0.05) is 12.1 Å². The lowest BCUT2D eigenvalue weighted by Crippen LogP contribution is -2.82. The van der Waals surface area contributed by atoms with E-state index in [4.69, 9.17) is 17.0 Å². The summed E-state index contributed by atoms with van der Waals surface area (Å²) in [5, 5.41) is 6.40. The molecular weight excluding hydrogens is 258 g/mol. The van der Waals surface area contributed by atoms with Crippen LogP contribution in [0.3, 0.4) is 0 Å².